The average molecular weight is 213 g/mol. The number of aromatic hydroxyl groups is 1. The minimum Gasteiger partial charge on any atom is -0.494 e. The molecule has 0 aliphatic carbocycles. The number of halogens is 1. The van der Waals surface area contributed by atoms with Crippen molar-refractivity contribution < 1.29 is 5.11 Å². The summed E-state index contributed by atoms with van der Waals surface area (Å²) in [5.74, 6) is 0.195. The highest BCUT2D eigenvalue weighted by molar-refractivity contribution is 9.10. The molecular formula is C7H5BrN2O. The molecule has 0 fully saturated rings. The van der Waals surface area contributed by atoms with Gasteiger partial charge in [0.25, 0.3) is 0 Å². The summed E-state index contributed by atoms with van der Waals surface area (Å²) in [6.07, 6.45) is 1.56. The Hall–Kier alpha value is -1.03. The fourth-order valence-electron chi connectivity index (χ4n) is 0.973. The first-order valence-corrected chi connectivity index (χ1v) is 3.89. The summed E-state index contributed by atoms with van der Waals surface area (Å²) in [5.41, 5.74) is 0.866. The number of pyridine rings is 1. The number of nitrogens with zero attached hydrogens (tertiary/aromatic N) is 2. The van der Waals surface area contributed by atoms with Gasteiger partial charge in [0.15, 0.2) is 5.88 Å². The molecule has 0 aromatic carbocycles. The van der Waals surface area contributed by atoms with E-state index in [1.165, 1.54) is 0 Å². The lowest BCUT2D eigenvalue weighted by molar-refractivity contribution is 0.446. The van der Waals surface area contributed by atoms with Crippen LogP contribution in [0.2, 0.25) is 0 Å². The van der Waals surface area contributed by atoms with Crippen molar-refractivity contribution in [1.29, 1.82) is 0 Å². The molecule has 4 heteroatoms. The Morgan fingerprint density at radius 1 is 1.45 bits per heavy atom. The van der Waals surface area contributed by atoms with Crippen LogP contribution in [0.3, 0.4) is 0 Å². The molecule has 0 aliphatic rings. The summed E-state index contributed by atoms with van der Waals surface area (Å²) in [4.78, 5) is 3.98. The monoisotopic (exact) mass is 212 g/mol. The van der Waals surface area contributed by atoms with E-state index in [1.54, 1.807) is 22.9 Å². The smallest absolute Gasteiger partial charge is 0.196 e. The minimum absolute atomic E-state index is 0.195. The Bertz CT molecular complexity index is 396. The number of fused-ring (bicyclic) bond motifs is 1. The summed E-state index contributed by atoms with van der Waals surface area (Å²) in [6, 6.07) is 5.26. The van der Waals surface area contributed by atoms with Gasteiger partial charge in [-0.15, -0.1) is 0 Å². The number of aromatic nitrogens is 2. The molecule has 3 nitrogen and oxygen atoms in total. The Kier molecular flexibility index (Phi) is 1.35. The molecule has 11 heavy (non-hydrogen) atoms. The van der Waals surface area contributed by atoms with Crippen LogP contribution in [-0.2, 0) is 0 Å². The van der Waals surface area contributed by atoms with Gasteiger partial charge in [-0.3, -0.25) is 4.40 Å². The van der Waals surface area contributed by atoms with Crippen molar-refractivity contribution in [2.45, 2.75) is 0 Å². The standard InChI is InChI=1S/C7H5BrN2O/c8-7-5-2-1-3-6(11)10(5)4-9-7/h1-4,11H. The van der Waals surface area contributed by atoms with Gasteiger partial charge in [0, 0.05) is 0 Å². The van der Waals surface area contributed by atoms with E-state index < -0.39 is 0 Å². The molecule has 2 heterocycles. The summed E-state index contributed by atoms with van der Waals surface area (Å²) >= 11 is 3.26. The zero-order valence-electron chi connectivity index (χ0n) is 5.53. The molecular weight excluding hydrogens is 208 g/mol. The second-order valence-corrected chi connectivity index (χ2v) is 2.93. The highest BCUT2D eigenvalue weighted by Gasteiger charge is 2.01. The van der Waals surface area contributed by atoms with Crippen LogP contribution in [0.5, 0.6) is 5.88 Å². The summed E-state index contributed by atoms with van der Waals surface area (Å²) in [6.45, 7) is 0. The molecule has 56 valence electrons. The van der Waals surface area contributed by atoms with Crippen molar-refractivity contribution in [3.63, 3.8) is 0 Å². The normalized spacial score (nSPS) is 10.6. The highest BCUT2D eigenvalue weighted by Crippen LogP contribution is 2.19. The van der Waals surface area contributed by atoms with E-state index in [-0.39, 0.29) is 5.88 Å². The summed E-state index contributed by atoms with van der Waals surface area (Å²) in [7, 11) is 0. The molecule has 2 aromatic rings. The first-order chi connectivity index (χ1) is 5.29. The van der Waals surface area contributed by atoms with Gasteiger partial charge in [-0.05, 0) is 28.1 Å². The first kappa shape index (κ1) is 6.67. The van der Waals surface area contributed by atoms with E-state index in [0.29, 0.717) is 0 Å². The van der Waals surface area contributed by atoms with Gasteiger partial charge in [0.1, 0.15) is 10.9 Å². The third-order valence-electron chi connectivity index (χ3n) is 1.50. The van der Waals surface area contributed by atoms with Crippen molar-refractivity contribution in [3.05, 3.63) is 29.1 Å². The van der Waals surface area contributed by atoms with E-state index in [2.05, 4.69) is 20.9 Å². The molecule has 0 spiro atoms. The van der Waals surface area contributed by atoms with Crippen LogP contribution in [0.15, 0.2) is 29.1 Å². The van der Waals surface area contributed by atoms with Crippen molar-refractivity contribution in [2.75, 3.05) is 0 Å². The topological polar surface area (TPSA) is 37.5 Å². The molecule has 0 atom stereocenters. The van der Waals surface area contributed by atoms with Crippen LogP contribution in [0.4, 0.5) is 0 Å². The number of rotatable bonds is 0. The third-order valence-corrected chi connectivity index (χ3v) is 2.11. The van der Waals surface area contributed by atoms with Crippen molar-refractivity contribution >= 4 is 21.4 Å². The van der Waals surface area contributed by atoms with E-state index in [9.17, 15) is 5.11 Å². The molecule has 0 amide bonds. The molecule has 0 saturated carbocycles. The largest absolute Gasteiger partial charge is 0.494 e. The van der Waals surface area contributed by atoms with E-state index >= 15 is 0 Å². The molecule has 0 bridgehead atoms. The molecule has 0 radical (unpaired) electrons. The molecule has 0 saturated heterocycles. The Labute approximate surface area is 71.4 Å². The highest BCUT2D eigenvalue weighted by atomic mass is 79.9. The second-order valence-electron chi connectivity index (χ2n) is 2.17. The van der Waals surface area contributed by atoms with Gasteiger partial charge >= 0.3 is 0 Å². The Balaban J connectivity index is 2.94. The van der Waals surface area contributed by atoms with Crippen LogP contribution < -0.4 is 0 Å². The Morgan fingerprint density at radius 3 is 3.00 bits per heavy atom. The van der Waals surface area contributed by atoms with Gasteiger partial charge in [-0.25, -0.2) is 4.98 Å². The quantitative estimate of drug-likeness (QED) is 0.724. The maximum absolute atomic E-state index is 9.29. The number of imidazole rings is 1. The van der Waals surface area contributed by atoms with Crippen LogP contribution >= 0.6 is 15.9 Å². The zero-order valence-corrected chi connectivity index (χ0v) is 7.12. The van der Waals surface area contributed by atoms with Crippen molar-refractivity contribution in [1.82, 2.24) is 9.38 Å². The van der Waals surface area contributed by atoms with Gasteiger partial charge in [-0.2, -0.15) is 0 Å². The molecule has 1 N–H and O–H groups in total. The van der Waals surface area contributed by atoms with Crippen molar-refractivity contribution in [3.8, 4) is 5.88 Å². The molecule has 2 rings (SSSR count). The van der Waals surface area contributed by atoms with Crippen LogP contribution in [0.1, 0.15) is 0 Å². The molecule has 2 aromatic heterocycles. The van der Waals surface area contributed by atoms with E-state index in [1.807, 2.05) is 6.07 Å². The summed E-state index contributed by atoms with van der Waals surface area (Å²) in [5, 5.41) is 9.29. The fraction of sp³-hybridized carbons (Fsp3) is 0. The van der Waals surface area contributed by atoms with Gasteiger partial charge in [-0.1, -0.05) is 6.07 Å². The lowest BCUT2D eigenvalue weighted by atomic mass is 10.4. The fourth-order valence-corrected chi connectivity index (χ4v) is 1.39. The van der Waals surface area contributed by atoms with Gasteiger partial charge < -0.3 is 5.11 Å². The lowest BCUT2D eigenvalue weighted by Crippen LogP contribution is -1.80. The molecule has 0 aliphatic heterocycles. The van der Waals surface area contributed by atoms with Crippen LogP contribution in [-0.4, -0.2) is 14.5 Å². The van der Waals surface area contributed by atoms with E-state index in [0.717, 1.165) is 10.1 Å². The van der Waals surface area contributed by atoms with Crippen LogP contribution in [0.25, 0.3) is 5.52 Å². The summed E-state index contributed by atoms with van der Waals surface area (Å²) < 4.78 is 2.35. The Morgan fingerprint density at radius 2 is 2.27 bits per heavy atom. The van der Waals surface area contributed by atoms with Crippen LogP contribution in [0, 0.1) is 0 Å². The predicted molar refractivity (Wildman–Crippen MR) is 44.6 cm³/mol. The maximum Gasteiger partial charge on any atom is 0.196 e. The average Bonchev–Trinajstić information content (AvgIpc) is 2.35. The maximum atomic E-state index is 9.29. The van der Waals surface area contributed by atoms with Gasteiger partial charge in [0.05, 0.1) is 5.52 Å². The zero-order chi connectivity index (χ0) is 7.84. The lowest BCUT2D eigenvalue weighted by Gasteiger charge is -1.95. The predicted octanol–water partition coefficient (Wildman–Crippen LogP) is 1.80. The third kappa shape index (κ3) is 0.903. The SMILES string of the molecule is Oc1cccc2c(Br)ncn12. The first-order valence-electron chi connectivity index (χ1n) is 3.09. The number of hydrogen-bond donors (Lipinski definition) is 1. The number of hydrogen-bond acceptors (Lipinski definition) is 2. The molecule has 0 unspecified atom stereocenters. The van der Waals surface area contributed by atoms with E-state index in [4.69, 9.17) is 0 Å². The second kappa shape index (κ2) is 2.23. The van der Waals surface area contributed by atoms with Gasteiger partial charge in [0.2, 0.25) is 0 Å². The minimum atomic E-state index is 0.195. The van der Waals surface area contributed by atoms with Crippen molar-refractivity contribution in [2.24, 2.45) is 0 Å².